The van der Waals surface area contributed by atoms with Gasteiger partial charge < -0.3 is 14.7 Å². The molecule has 1 aromatic rings. The normalized spacial score (nSPS) is 15.7. The summed E-state index contributed by atoms with van der Waals surface area (Å²) in [6.07, 6.45) is 7.96. The quantitative estimate of drug-likeness (QED) is 0.815. The maximum Gasteiger partial charge on any atom is 0.341 e. The molecule has 23 heavy (non-hydrogen) atoms. The number of ether oxygens (including phenoxy) is 1. The fourth-order valence-corrected chi connectivity index (χ4v) is 3.01. The van der Waals surface area contributed by atoms with Gasteiger partial charge in [-0.15, -0.1) is 0 Å². The third kappa shape index (κ3) is 5.58. The van der Waals surface area contributed by atoms with Crippen molar-refractivity contribution in [1.29, 1.82) is 0 Å². The maximum absolute atomic E-state index is 12.4. The summed E-state index contributed by atoms with van der Waals surface area (Å²) in [6, 6.07) is 6.94. The van der Waals surface area contributed by atoms with Gasteiger partial charge in [0.25, 0.3) is 0 Å². The lowest BCUT2D eigenvalue weighted by atomic mass is 9.96. The van der Waals surface area contributed by atoms with Gasteiger partial charge in [-0.25, -0.2) is 4.79 Å². The molecule has 1 aliphatic carbocycles. The van der Waals surface area contributed by atoms with Crippen LogP contribution in [0, 0.1) is 5.92 Å². The molecule has 0 unspecified atom stereocenters. The number of hydrogen-bond donors (Lipinski definition) is 1. The van der Waals surface area contributed by atoms with E-state index in [4.69, 9.17) is 9.84 Å². The van der Waals surface area contributed by atoms with Crippen LogP contribution < -0.4 is 9.64 Å². The molecule has 0 bridgehead atoms. The van der Waals surface area contributed by atoms with Crippen LogP contribution in [-0.4, -0.2) is 30.6 Å². The molecule has 1 saturated carbocycles. The molecule has 0 aromatic heterocycles. The molecule has 0 atom stereocenters. The summed E-state index contributed by atoms with van der Waals surface area (Å²) in [5.74, 6) is 0.118. The Morgan fingerprint density at radius 1 is 1.13 bits per heavy atom. The lowest BCUT2D eigenvalue weighted by Gasteiger charge is -2.21. The van der Waals surface area contributed by atoms with E-state index in [1.807, 2.05) is 0 Å². The Hall–Kier alpha value is -2.04. The van der Waals surface area contributed by atoms with E-state index in [0.29, 0.717) is 18.1 Å². The first-order valence-electron chi connectivity index (χ1n) is 8.27. The van der Waals surface area contributed by atoms with Gasteiger partial charge >= 0.3 is 5.97 Å². The van der Waals surface area contributed by atoms with Crippen molar-refractivity contribution in [2.75, 3.05) is 18.6 Å². The second-order valence-electron chi connectivity index (χ2n) is 6.19. The number of benzene rings is 1. The first-order valence-corrected chi connectivity index (χ1v) is 8.27. The Bertz CT molecular complexity index is 518. The molecule has 0 saturated heterocycles. The van der Waals surface area contributed by atoms with Crippen molar-refractivity contribution in [3.8, 4) is 5.75 Å². The van der Waals surface area contributed by atoms with Crippen LogP contribution in [0.5, 0.6) is 5.75 Å². The second kappa shape index (κ2) is 8.56. The minimum absolute atomic E-state index is 0.135. The Kier molecular flexibility index (Phi) is 6.44. The maximum atomic E-state index is 12.4. The molecule has 0 heterocycles. The zero-order valence-corrected chi connectivity index (χ0v) is 13.7. The average Bonchev–Trinajstić information content (AvgIpc) is 2.81. The van der Waals surface area contributed by atoms with E-state index >= 15 is 0 Å². The number of carboxylic acids is 1. The predicted octanol–water partition coefficient (Wildman–Crippen LogP) is 3.47. The molecule has 0 radical (unpaired) electrons. The molecule has 1 N–H and O–H groups in total. The first kappa shape index (κ1) is 17.3. The number of carboxylic acid groups (broad SMARTS) is 1. The highest BCUT2D eigenvalue weighted by Gasteiger charge is 2.19. The Morgan fingerprint density at radius 3 is 2.30 bits per heavy atom. The number of nitrogens with zero attached hydrogens (tertiary/aromatic N) is 1. The van der Waals surface area contributed by atoms with Crippen molar-refractivity contribution < 1.29 is 19.4 Å². The van der Waals surface area contributed by atoms with Crippen LogP contribution in [0.1, 0.15) is 44.9 Å². The standard InChI is InChI=1S/C18H25NO4/c1-19(17(20)12-14-6-4-2-3-5-7-14)15-8-10-16(11-9-15)23-13-18(21)22/h8-11,14H,2-7,12-13H2,1H3,(H,21,22). The van der Waals surface area contributed by atoms with Gasteiger partial charge in [0, 0.05) is 19.2 Å². The van der Waals surface area contributed by atoms with E-state index in [0.717, 1.165) is 18.5 Å². The fourth-order valence-electron chi connectivity index (χ4n) is 3.01. The molecule has 126 valence electrons. The Morgan fingerprint density at radius 2 is 1.74 bits per heavy atom. The molecule has 1 amide bonds. The highest BCUT2D eigenvalue weighted by molar-refractivity contribution is 5.92. The predicted molar refractivity (Wildman–Crippen MR) is 88.8 cm³/mol. The monoisotopic (exact) mass is 319 g/mol. The molecule has 5 heteroatoms. The van der Waals surface area contributed by atoms with Crippen LogP contribution in [0.2, 0.25) is 0 Å². The van der Waals surface area contributed by atoms with Gasteiger partial charge in [-0.05, 0) is 43.0 Å². The van der Waals surface area contributed by atoms with Crippen molar-refractivity contribution in [2.24, 2.45) is 5.92 Å². The largest absolute Gasteiger partial charge is 0.482 e. The summed E-state index contributed by atoms with van der Waals surface area (Å²) in [7, 11) is 1.78. The minimum Gasteiger partial charge on any atom is -0.482 e. The fraction of sp³-hybridized carbons (Fsp3) is 0.556. The zero-order chi connectivity index (χ0) is 16.7. The minimum atomic E-state index is -1.01. The molecule has 1 fully saturated rings. The molecule has 5 nitrogen and oxygen atoms in total. The van der Waals surface area contributed by atoms with Crippen LogP contribution in [-0.2, 0) is 9.59 Å². The van der Waals surface area contributed by atoms with Crippen LogP contribution in [0.15, 0.2) is 24.3 Å². The van der Waals surface area contributed by atoms with Crippen molar-refractivity contribution >= 4 is 17.6 Å². The van der Waals surface area contributed by atoms with Gasteiger partial charge in [0.2, 0.25) is 5.91 Å². The number of hydrogen-bond acceptors (Lipinski definition) is 3. The van der Waals surface area contributed by atoms with Gasteiger partial charge in [0.15, 0.2) is 6.61 Å². The zero-order valence-electron chi connectivity index (χ0n) is 13.7. The van der Waals surface area contributed by atoms with E-state index in [-0.39, 0.29) is 12.5 Å². The molecule has 1 aliphatic rings. The summed E-state index contributed by atoms with van der Waals surface area (Å²) in [5.41, 5.74) is 0.797. The van der Waals surface area contributed by atoms with E-state index in [1.165, 1.54) is 25.7 Å². The van der Waals surface area contributed by atoms with E-state index in [9.17, 15) is 9.59 Å². The van der Waals surface area contributed by atoms with Crippen molar-refractivity contribution in [2.45, 2.75) is 44.9 Å². The van der Waals surface area contributed by atoms with Gasteiger partial charge in [-0.2, -0.15) is 0 Å². The van der Waals surface area contributed by atoms with Crippen LogP contribution in [0.3, 0.4) is 0 Å². The third-order valence-electron chi connectivity index (χ3n) is 4.40. The highest BCUT2D eigenvalue weighted by Crippen LogP contribution is 2.27. The van der Waals surface area contributed by atoms with Crippen molar-refractivity contribution in [3.63, 3.8) is 0 Å². The van der Waals surface area contributed by atoms with E-state index in [1.54, 1.807) is 36.2 Å². The van der Waals surface area contributed by atoms with Crippen LogP contribution in [0.25, 0.3) is 0 Å². The van der Waals surface area contributed by atoms with Gasteiger partial charge in [-0.3, -0.25) is 4.79 Å². The smallest absolute Gasteiger partial charge is 0.341 e. The third-order valence-corrected chi connectivity index (χ3v) is 4.40. The average molecular weight is 319 g/mol. The molecule has 0 aliphatic heterocycles. The number of carbonyl (C=O) groups is 2. The summed E-state index contributed by atoms with van der Waals surface area (Å²) in [5, 5.41) is 8.59. The lowest BCUT2D eigenvalue weighted by Crippen LogP contribution is -2.28. The SMILES string of the molecule is CN(C(=O)CC1CCCCCC1)c1ccc(OCC(=O)O)cc1. The molecular formula is C18H25NO4. The topological polar surface area (TPSA) is 66.8 Å². The van der Waals surface area contributed by atoms with Gasteiger partial charge in [-0.1, -0.05) is 25.7 Å². The first-order chi connectivity index (χ1) is 11.1. The van der Waals surface area contributed by atoms with Crippen molar-refractivity contribution in [1.82, 2.24) is 0 Å². The van der Waals surface area contributed by atoms with E-state index < -0.39 is 5.97 Å². The summed E-state index contributed by atoms with van der Waals surface area (Å²) >= 11 is 0. The number of carbonyl (C=O) groups excluding carboxylic acids is 1. The molecule has 0 spiro atoms. The summed E-state index contributed by atoms with van der Waals surface area (Å²) in [4.78, 5) is 24.6. The van der Waals surface area contributed by atoms with Crippen LogP contribution >= 0.6 is 0 Å². The number of aliphatic carboxylic acids is 1. The van der Waals surface area contributed by atoms with Gasteiger partial charge in [0.1, 0.15) is 5.75 Å². The number of anilines is 1. The molecule has 2 rings (SSSR count). The summed E-state index contributed by atoms with van der Waals surface area (Å²) < 4.78 is 5.10. The number of rotatable bonds is 6. The summed E-state index contributed by atoms with van der Waals surface area (Å²) in [6.45, 7) is -0.365. The molecule has 1 aromatic carbocycles. The Labute approximate surface area is 137 Å². The van der Waals surface area contributed by atoms with Crippen molar-refractivity contribution in [3.05, 3.63) is 24.3 Å². The highest BCUT2D eigenvalue weighted by atomic mass is 16.5. The Balaban J connectivity index is 1.89. The van der Waals surface area contributed by atoms with Crippen LogP contribution in [0.4, 0.5) is 5.69 Å². The lowest BCUT2D eigenvalue weighted by molar-refractivity contribution is -0.139. The molecular weight excluding hydrogens is 294 g/mol. The second-order valence-corrected chi connectivity index (χ2v) is 6.19. The number of amides is 1. The van der Waals surface area contributed by atoms with Gasteiger partial charge in [0.05, 0.1) is 0 Å². The van der Waals surface area contributed by atoms with E-state index in [2.05, 4.69) is 0 Å².